The number of hydrogen-bond acceptors (Lipinski definition) is 4. The largest absolute Gasteiger partial charge is 0.378 e. The first kappa shape index (κ1) is 12.3. The van der Waals surface area contributed by atoms with Gasteiger partial charge in [0.2, 0.25) is 0 Å². The molecule has 3 atom stereocenters. The summed E-state index contributed by atoms with van der Waals surface area (Å²) in [7, 11) is 0. The van der Waals surface area contributed by atoms with Crippen LogP contribution in [0.4, 0.5) is 0 Å². The van der Waals surface area contributed by atoms with Gasteiger partial charge >= 0.3 is 0 Å². The Bertz CT molecular complexity index is 250. The van der Waals surface area contributed by atoms with E-state index in [1.54, 1.807) is 0 Å². The fourth-order valence-corrected chi connectivity index (χ4v) is 4.50. The maximum Gasteiger partial charge on any atom is 0.0805 e. The number of ether oxygens (including phenoxy) is 2. The molecule has 3 unspecified atom stereocenters. The lowest BCUT2D eigenvalue weighted by molar-refractivity contribution is -0.124. The summed E-state index contributed by atoms with van der Waals surface area (Å²) in [6.45, 7) is 4.15. The molecule has 0 radical (unpaired) electrons. The summed E-state index contributed by atoms with van der Waals surface area (Å²) in [5.74, 6) is 3.18. The van der Waals surface area contributed by atoms with Gasteiger partial charge in [0, 0.05) is 25.3 Å². The van der Waals surface area contributed by atoms with Crippen molar-refractivity contribution in [3.63, 3.8) is 0 Å². The number of hydrogen-bond donors (Lipinski definition) is 1. The predicted molar refractivity (Wildman–Crippen MR) is 70.6 cm³/mol. The fourth-order valence-electron chi connectivity index (χ4n) is 3.12. The third-order valence-corrected chi connectivity index (χ3v) is 5.47. The van der Waals surface area contributed by atoms with E-state index in [2.05, 4.69) is 5.32 Å². The molecular weight excluding hydrogens is 234 g/mol. The average molecular weight is 257 g/mol. The van der Waals surface area contributed by atoms with E-state index in [0.29, 0.717) is 6.10 Å². The molecule has 98 valence electrons. The van der Waals surface area contributed by atoms with E-state index in [0.717, 1.165) is 38.5 Å². The standard InChI is InChI=1S/C13H23NO2S/c1-4-14-8-11(1)9-15-12-2-5-16-13(7-12)3-6-17-10-13/h11-12,14H,1-10H2. The van der Waals surface area contributed by atoms with Crippen LogP contribution in [0, 0.1) is 5.92 Å². The van der Waals surface area contributed by atoms with Crippen molar-refractivity contribution < 1.29 is 9.47 Å². The molecular formula is C13H23NO2S. The Hall–Kier alpha value is 0.230. The maximum atomic E-state index is 6.12. The van der Waals surface area contributed by atoms with Crippen molar-refractivity contribution in [1.82, 2.24) is 5.32 Å². The van der Waals surface area contributed by atoms with Gasteiger partial charge < -0.3 is 14.8 Å². The van der Waals surface area contributed by atoms with Gasteiger partial charge in [-0.1, -0.05) is 0 Å². The van der Waals surface area contributed by atoms with E-state index in [1.165, 1.54) is 30.9 Å². The lowest BCUT2D eigenvalue weighted by atomic mass is 9.91. The summed E-state index contributed by atoms with van der Waals surface area (Å²) in [6.07, 6.45) is 5.17. The summed E-state index contributed by atoms with van der Waals surface area (Å²) in [5.41, 5.74) is 0.168. The van der Waals surface area contributed by atoms with Gasteiger partial charge in [0.1, 0.15) is 0 Å². The Morgan fingerprint density at radius 1 is 1.41 bits per heavy atom. The van der Waals surface area contributed by atoms with Crippen molar-refractivity contribution in [1.29, 1.82) is 0 Å². The van der Waals surface area contributed by atoms with Crippen LogP contribution in [-0.4, -0.2) is 49.5 Å². The number of nitrogens with one attached hydrogen (secondary N) is 1. The molecule has 1 N–H and O–H groups in total. The van der Waals surface area contributed by atoms with Crippen molar-refractivity contribution in [3.05, 3.63) is 0 Å². The van der Waals surface area contributed by atoms with Crippen LogP contribution in [0.3, 0.4) is 0 Å². The van der Waals surface area contributed by atoms with Crippen molar-refractivity contribution in [2.24, 2.45) is 5.92 Å². The molecule has 0 bridgehead atoms. The highest BCUT2D eigenvalue weighted by atomic mass is 32.2. The highest BCUT2D eigenvalue weighted by molar-refractivity contribution is 7.99. The SMILES string of the molecule is C1CC(COC2CCOC3(CCSC3)C2)CN1. The highest BCUT2D eigenvalue weighted by Gasteiger charge is 2.40. The highest BCUT2D eigenvalue weighted by Crippen LogP contribution is 2.39. The van der Waals surface area contributed by atoms with Crippen LogP contribution in [0.25, 0.3) is 0 Å². The molecule has 0 saturated carbocycles. The van der Waals surface area contributed by atoms with Gasteiger partial charge in [0.25, 0.3) is 0 Å². The molecule has 0 aromatic carbocycles. The first-order chi connectivity index (χ1) is 8.36. The van der Waals surface area contributed by atoms with Crippen molar-refractivity contribution >= 4 is 11.8 Å². The zero-order valence-corrected chi connectivity index (χ0v) is 11.3. The summed E-state index contributed by atoms with van der Waals surface area (Å²) in [4.78, 5) is 0. The van der Waals surface area contributed by atoms with E-state index in [1.807, 2.05) is 11.8 Å². The zero-order valence-electron chi connectivity index (χ0n) is 10.5. The minimum Gasteiger partial charge on any atom is -0.378 e. The Morgan fingerprint density at radius 3 is 3.18 bits per heavy atom. The van der Waals surface area contributed by atoms with Crippen molar-refractivity contribution in [2.45, 2.75) is 37.4 Å². The Morgan fingerprint density at radius 2 is 2.41 bits per heavy atom. The molecule has 3 nitrogen and oxygen atoms in total. The van der Waals surface area contributed by atoms with Gasteiger partial charge in [-0.05, 0) is 37.5 Å². The normalized spacial score (nSPS) is 42.4. The smallest absolute Gasteiger partial charge is 0.0805 e. The van der Waals surface area contributed by atoms with E-state index in [9.17, 15) is 0 Å². The predicted octanol–water partition coefficient (Wildman–Crippen LogP) is 1.67. The molecule has 3 fully saturated rings. The van der Waals surface area contributed by atoms with E-state index >= 15 is 0 Å². The molecule has 0 amide bonds. The quantitative estimate of drug-likeness (QED) is 0.833. The lowest BCUT2D eigenvalue weighted by Gasteiger charge is -2.37. The second-order valence-corrected chi connectivity index (χ2v) is 6.75. The van der Waals surface area contributed by atoms with Gasteiger partial charge in [-0.25, -0.2) is 0 Å². The van der Waals surface area contributed by atoms with Crippen LogP contribution in [0.1, 0.15) is 25.7 Å². The minimum absolute atomic E-state index is 0.168. The van der Waals surface area contributed by atoms with Gasteiger partial charge in [-0.3, -0.25) is 0 Å². The van der Waals surface area contributed by atoms with Crippen LogP contribution in [-0.2, 0) is 9.47 Å². The molecule has 4 heteroatoms. The van der Waals surface area contributed by atoms with Crippen molar-refractivity contribution in [2.75, 3.05) is 37.8 Å². The lowest BCUT2D eigenvalue weighted by Crippen LogP contribution is -2.43. The molecule has 0 aromatic rings. The average Bonchev–Trinajstić information content (AvgIpc) is 2.99. The molecule has 3 rings (SSSR count). The second kappa shape index (κ2) is 5.47. The van der Waals surface area contributed by atoms with Gasteiger partial charge in [0.15, 0.2) is 0 Å². The van der Waals surface area contributed by atoms with Crippen LogP contribution >= 0.6 is 11.8 Å². The second-order valence-electron chi connectivity index (χ2n) is 5.64. The Kier molecular flexibility index (Phi) is 3.95. The van der Waals surface area contributed by atoms with Crippen LogP contribution < -0.4 is 5.32 Å². The minimum atomic E-state index is 0.168. The van der Waals surface area contributed by atoms with E-state index in [-0.39, 0.29) is 5.60 Å². The topological polar surface area (TPSA) is 30.5 Å². The Balaban J connectivity index is 1.46. The fraction of sp³-hybridized carbons (Fsp3) is 1.00. The molecule has 3 aliphatic rings. The number of thioether (sulfide) groups is 1. The zero-order chi connectivity index (χ0) is 11.6. The summed E-state index contributed by atoms with van der Waals surface area (Å²) in [6, 6.07) is 0. The summed E-state index contributed by atoms with van der Waals surface area (Å²) >= 11 is 2.03. The first-order valence-corrected chi connectivity index (χ1v) is 8.06. The van der Waals surface area contributed by atoms with E-state index in [4.69, 9.17) is 9.47 Å². The molecule has 0 aromatic heterocycles. The molecule has 1 spiro atoms. The first-order valence-electron chi connectivity index (χ1n) is 6.90. The third kappa shape index (κ3) is 2.98. The third-order valence-electron chi connectivity index (χ3n) is 4.24. The monoisotopic (exact) mass is 257 g/mol. The van der Waals surface area contributed by atoms with Gasteiger partial charge in [-0.2, -0.15) is 11.8 Å². The van der Waals surface area contributed by atoms with Crippen molar-refractivity contribution in [3.8, 4) is 0 Å². The Labute approximate surface area is 108 Å². The van der Waals surface area contributed by atoms with Gasteiger partial charge in [0.05, 0.1) is 18.3 Å². The molecule has 3 heterocycles. The van der Waals surface area contributed by atoms with Crippen LogP contribution in [0.5, 0.6) is 0 Å². The summed E-state index contributed by atoms with van der Waals surface area (Å²) in [5, 5.41) is 3.40. The molecule has 3 aliphatic heterocycles. The van der Waals surface area contributed by atoms with E-state index < -0.39 is 0 Å². The maximum absolute atomic E-state index is 6.12. The number of rotatable bonds is 3. The molecule has 0 aliphatic carbocycles. The van der Waals surface area contributed by atoms with Gasteiger partial charge in [-0.15, -0.1) is 0 Å². The molecule has 3 saturated heterocycles. The van der Waals surface area contributed by atoms with Crippen LogP contribution in [0.2, 0.25) is 0 Å². The molecule has 17 heavy (non-hydrogen) atoms. The summed E-state index contributed by atoms with van der Waals surface area (Å²) < 4.78 is 12.1. The van der Waals surface area contributed by atoms with Crippen LogP contribution in [0.15, 0.2) is 0 Å².